The molecule has 0 spiro atoms. The molecule has 0 radical (unpaired) electrons. The summed E-state index contributed by atoms with van der Waals surface area (Å²) in [5.74, 6) is -0.0796. The molecule has 0 saturated carbocycles. The van der Waals surface area contributed by atoms with Gasteiger partial charge in [-0.2, -0.15) is 0 Å². The van der Waals surface area contributed by atoms with Crippen LogP contribution in [0.1, 0.15) is 39.2 Å². The van der Waals surface area contributed by atoms with E-state index in [1.165, 1.54) is 11.6 Å². The molecular formula is C15H20O2. The highest BCUT2D eigenvalue weighted by molar-refractivity contribution is 5.82. The van der Waals surface area contributed by atoms with E-state index < -0.39 is 5.60 Å². The van der Waals surface area contributed by atoms with Gasteiger partial charge in [-0.25, -0.2) is 4.79 Å². The Morgan fingerprint density at radius 2 is 1.82 bits per heavy atom. The maximum Gasteiger partial charge on any atom is 0.330 e. The summed E-state index contributed by atoms with van der Waals surface area (Å²) in [6.07, 6.45) is 3.37. The Hall–Kier alpha value is -1.57. The van der Waals surface area contributed by atoms with Crippen molar-refractivity contribution in [3.8, 4) is 0 Å². The molecule has 0 aromatic heterocycles. The Balaban J connectivity index is 2.57. The minimum absolute atomic E-state index is 0.212. The van der Waals surface area contributed by atoms with Gasteiger partial charge in [-0.15, -0.1) is 0 Å². The molecule has 1 aromatic carbocycles. The molecule has 1 unspecified atom stereocenters. The molecular weight excluding hydrogens is 212 g/mol. The lowest BCUT2D eigenvalue weighted by molar-refractivity contribution is -0.148. The fraction of sp³-hybridized carbons (Fsp3) is 0.400. The summed E-state index contributed by atoms with van der Waals surface area (Å²) >= 11 is 0. The monoisotopic (exact) mass is 232 g/mol. The van der Waals surface area contributed by atoms with Crippen LogP contribution in [0.4, 0.5) is 0 Å². The van der Waals surface area contributed by atoms with E-state index >= 15 is 0 Å². The molecule has 0 fully saturated rings. The minimum Gasteiger partial charge on any atom is -0.457 e. The fourth-order valence-electron chi connectivity index (χ4n) is 1.43. The fourth-order valence-corrected chi connectivity index (χ4v) is 1.43. The average molecular weight is 232 g/mol. The van der Waals surface area contributed by atoms with E-state index in [9.17, 15) is 4.79 Å². The van der Waals surface area contributed by atoms with E-state index in [1.807, 2.05) is 57.2 Å². The highest BCUT2D eigenvalue weighted by Gasteiger charge is 2.14. The van der Waals surface area contributed by atoms with Crippen molar-refractivity contribution in [2.24, 2.45) is 0 Å². The van der Waals surface area contributed by atoms with Crippen LogP contribution in [0, 0.1) is 0 Å². The largest absolute Gasteiger partial charge is 0.457 e. The molecule has 1 atom stereocenters. The van der Waals surface area contributed by atoms with E-state index in [4.69, 9.17) is 4.74 Å². The van der Waals surface area contributed by atoms with Crippen LogP contribution in [0.3, 0.4) is 0 Å². The van der Waals surface area contributed by atoms with Crippen molar-refractivity contribution >= 4 is 5.97 Å². The standard InChI is InChI=1S/C15H20O2/c1-12(13-8-6-5-7-9-13)10-11-14(16)17-15(2,3)4/h5-12H,1-4H3/b11-10-. The molecule has 17 heavy (non-hydrogen) atoms. The predicted octanol–water partition coefficient (Wildman–Crippen LogP) is 3.69. The van der Waals surface area contributed by atoms with Crippen LogP contribution >= 0.6 is 0 Å². The molecule has 1 rings (SSSR count). The Morgan fingerprint density at radius 3 is 2.35 bits per heavy atom. The maximum atomic E-state index is 11.5. The Morgan fingerprint density at radius 1 is 1.24 bits per heavy atom. The third-order valence-corrected chi connectivity index (χ3v) is 2.25. The Kier molecular flexibility index (Phi) is 4.50. The van der Waals surface area contributed by atoms with Crippen molar-refractivity contribution in [1.29, 1.82) is 0 Å². The number of carbonyl (C=O) groups is 1. The zero-order chi connectivity index (χ0) is 12.9. The predicted molar refractivity (Wildman–Crippen MR) is 69.8 cm³/mol. The van der Waals surface area contributed by atoms with Gasteiger partial charge in [-0.3, -0.25) is 0 Å². The second-order valence-electron chi connectivity index (χ2n) is 5.09. The summed E-state index contributed by atoms with van der Waals surface area (Å²) < 4.78 is 5.20. The average Bonchev–Trinajstić information content (AvgIpc) is 2.25. The van der Waals surface area contributed by atoms with E-state index in [2.05, 4.69) is 6.92 Å². The topological polar surface area (TPSA) is 26.3 Å². The van der Waals surface area contributed by atoms with Gasteiger partial charge in [0.15, 0.2) is 0 Å². The first-order valence-corrected chi connectivity index (χ1v) is 5.84. The summed E-state index contributed by atoms with van der Waals surface area (Å²) in [4.78, 5) is 11.5. The Labute approximate surface area is 103 Å². The quantitative estimate of drug-likeness (QED) is 0.587. The van der Waals surface area contributed by atoms with Crippen LogP contribution in [0.2, 0.25) is 0 Å². The van der Waals surface area contributed by atoms with E-state index in [-0.39, 0.29) is 11.9 Å². The number of allylic oxidation sites excluding steroid dienone is 1. The van der Waals surface area contributed by atoms with Crippen LogP contribution in [0.15, 0.2) is 42.5 Å². The van der Waals surface area contributed by atoms with Gasteiger partial charge in [0.2, 0.25) is 0 Å². The van der Waals surface area contributed by atoms with Gasteiger partial charge < -0.3 is 4.74 Å². The van der Waals surface area contributed by atoms with Crippen LogP contribution in [-0.2, 0) is 9.53 Å². The summed E-state index contributed by atoms with van der Waals surface area (Å²) in [6, 6.07) is 10.1. The molecule has 1 aromatic rings. The molecule has 0 aliphatic rings. The van der Waals surface area contributed by atoms with Crippen LogP contribution in [-0.4, -0.2) is 11.6 Å². The van der Waals surface area contributed by atoms with Gasteiger partial charge in [0.1, 0.15) is 5.60 Å². The van der Waals surface area contributed by atoms with E-state index in [0.717, 1.165) is 0 Å². The first-order chi connectivity index (χ1) is 7.88. The molecule has 0 aliphatic heterocycles. The smallest absolute Gasteiger partial charge is 0.330 e. The van der Waals surface area contributed by atoms with Crippen LogP contribution in [0.5, 0.6) is 0 Å². The van der Waals surface area contributed by atoms with Crippen molar-refractivity contribution < 1.29 is 9.53 Å². The van der Waals surface area contributed by atoms with Crippen molar-refractivity contribution in [2.45, 2.75) is 39.2 Å². The second kappa shape index (κ2) is 5.67. The minimum atomic E-state index is -0.433. The molecule has 0 N–H and O–H groups in total. The molecule has 0 aliphatic carbocycles. The number of hydrogen-bond donors (Lipinski definition) is 0. The third-order valence-electron chi connectivity index (χ3n) is 2.25. The molecule has 92 valence electrons. The molecule has 2 nitrogen and oxygen atoms in total. The number of rotatable bonds is 3. The summed E-state index contributed by atoms with van der Waals surface area (Å²) in [5.41, 5.74) is 0.754. The number of ether oxygens (including phenoxy) is 1. The normalized spacial score (nSPS) is 13.6. The lowest BCUT2D eigenvalue weighted by atomic mass is 10.0. The molecule has 0 heterocycles. The van der Waals surface area contributed by atoms with Crippen LogP contribution < -0.4 is 0 Å². The highest BCUT2D eigenvalue weighted by Crippen LogP contribution is 2.16. The highest BCUT2D eigenvalue weighted by atomic mass is 16.6. The molecule has 2 heteroatoms. The van der Waals surface area contributed by atoms with Crippen molar-refractivity contribution in [3.63, 3.8) is 0 Å². The summed E-state index contributed by atoms with van der Waals surface area (Å²) in [5, 5.41) is 0. The van der Waals surface area contributed by atoms with Crippen molar-refractivity contribution in [3.05, 3.63) is 48.0 Å². The van der Waals surface area contributed by atoms with E-state index in [1.54, 1.807) is 0 Å². The first-order valence-electron chi connectivity index (χ1n) is 5.84. The van der Waals surface area contributed by atoms with Gasteiger partial charge in [0, 0.05) is 6.08 Å². The lowest BCUT2D eigenvalue weighted by Gasteiger charge is -2.18. The van der Waals surface area contributed by atoms with Crippen molar-refractivity contribution in [1.82, 2.24) is 0 Å². The summed E-state index contributed by atoms with van der Waals surface area (Å²) in [7, 11) is 0. The maximum absolute atomic E-state index is 11.5. The lowest BCUT2D eigenvalue weighted by Crippen LogP contribution is -2.22. The second-order valence-corrected chi connectivity index (χ2v) is 5.09. The van der Waals surface area contributed by atoms with Gasteiger partial charge in [-0.1, -0.05) is 43.3 Å². The summed E-state index contributed by atoms with van der Waals surface area (Å²) in [6.45, 7) is 7.63. The molecule has 0 saturated heterocycles. The van der Waals surface area contributed by atoms with Gasteiger partial charge in [0.05, 0.1) is 0 Å². The zero-order valence-corrected chi connectivity index (χ0v) is 10.9. The van der Waals surface area contributed by atoms with Gasteiger partial charge >= 0.3 is 5.97 Å². The molecule has 0 amide bonds. The number of hydrogen-bond acceptors (Lipinski definition) is 2. The number of benzene rings is 1. The SMILES string of the molecule is CC(/C=C\C(=O)OC(C)(C)C)c1ccccc1. The number of esters is 1. The van der Waals surface area contributed by atoms with Gasteiger partial charge in [0.25, 0.3) is 0 Å². The van der Waals surface area contributed by atoms with Gasteiger partial charge in [-0.05, 0) is 32.3 Å². The first kappa shape index (κ1) is 13.5. The zero-order valence-electron chi connectivity index (χ0n) is 10.9. The van der Waals surface area contributed by atoms with Crippen molar-refractivity contribution in [2.75, 3.05) is 0 Å². The number of carbonyl (C=O) groups excluding carboxylic acids is 1. The third kappa shape index (κ3) is 5.34. The molecule has 0 bridgehead atoms. The van der Waals surface area contributed by atoms with Crippen LogP contribution in [0.25, 0.3) is 0 Å². The Bertz CT molecular complexity index is 385. The van der Waals surface area contributed by atoms with E-state index in [0.29, 0.717) is 0 Å².